The Bertz CT molecular complexity index is 1200. The van der Waals surface area contributed by atoms with Crippen molar-refractivity contribution < 1.29 is 9.32 Å². The Kier molecular flexibility index (Phi) is 7.54. The molecule has 1 aromatic carbocycles. The average Bonchev–Trinajstić information content (AvgIpc) is 3.67. The van der Waals surface area contributed by atoms with E-state index < -0.39 is 0 Å². The zero-order valence-electron chi connectivity index (χ0n) is 19.5. The number of aromatic nitrogens is 6. The first-order chi connectivity index (χ1) is 17.2. The summed E-state index contributed by atoms with van der Waals surface area (Å²) < 4.78 is 5.38. The SMILES string of the molecule is O=C(CCCn1nnc(-c2ccccc2)n1)N1CCN(CCCc2nc(-c3cccs3)no2)CC1. The second-order valence-corrected chi connectivity index (χ2v) is 9.44. The lowest BCUT2D eigenvalue weighted by Gasteiger charge is -2.34. The number of nitrogens with zero attached hydrogens (tertiary/aromatic N) is 8. The number of aryl methyl sites for hydroxylation is 2. The Hall–Kier alpha value is -3.44. The fourth-order valence-electron chi connectivity index (χ4n) is 4.11. The van der Waals surface area contributed by atoms with Gasteiger partial charge in [0.25, 0.3) is 0 Å². The third-order valence-corrected chi connectivity index (χ3v) is 6.90. The molecule has 0 unspecified atom stereocenters. The molecule has 0 saturated carbocycles. The smallest absolute Gasteiger partial charge is 0.227 e. The molecule has 0 bridgehead atoms. The van der Waals surface area contributed by atoms with Gasteiger partial charge in [-0.2, -0.15) is 9.78 Å². The van der Waals surface area contributed by atoms with Gasteiger partial charge in [0.2, 0.25) is 23.4 Å². The number of hydrogen-bond acceptors (Lipinski definition) is 9. The monoisotopic (exact) mass is 492 g/mol. The van der Waals surface area contributed by atoms with Crippen LogP contribution >= 0.6 is 11.3 Å². The van der Waals surface area contributed by atoms with Gasteiger partial charge in [0.05, 0.1) is 11.4 Å². The van der Waals surface area contributed by atoms with Crippen LogP contribution in [0.2, 0.25) is 0 Å². The zero-order valence-corrected chi connectivity index (χ0v) is 20.3. The molecule has 4 heterocycles. The molecule has 1 aliphatic heterocycles. The van der Waals surface area contributed by atoms with Crippen molar-refractivity contribution in [2.24, 2.45) is 0 Å². The zero-order chi connectivity index (χ0) is 23.9. The summed E-state index contributed by atoms with van der Waals surface area (Å²) in [7, 11) is 0. The Balaban J connectivity index is 0.979. The van der Waals surface area contributed by atoms with Gasteiger partial charge in [-0.05, 0) is 36.0 Å². The first-order valence-corrected chi connectivity index (χ1v) is 12.8. The second-order valence-electron chi connectivity index (χ2n) is 8.49. The van der Waals surface area contributed by atoms with E-state index in [4.69, 9.17) is 4.52 Å². The normalized spacial score (nSPS) is 14.5. The highest BCUT2D eigenvalue weighted by molar-refractivity contribution is 7.13. The third-order valence-electron chi connectivity index (χ3n) is 6.03. The van der Waals surface area contributed by atoms with Crippen molar-refractivity contribution in [3.8, 4) is 22.1 Å². The molecule has 182 valence electrons. The molecule has 11 heteroatoms. The number of carbonyl (C=O) groups is 1. The molecule has 0 N–H and O–H groups in total. The van der Waals surface area contributed by atoms with Crippen molar-refractivity contribution in [1.82, 2.24) is 40.1 Å². The maximum atomic E-state index is 12.6. The molecule has 4 aromatic rings. The summed E-state index contributed by atoms with van der Waals surface area (Å²) in [6.45, 7) is 4.85. The first-order valence-electron chi connectivity index (χ1n) is 11.9. The number of piperazine rings is 1. The number of thiophene rings is 1. The van der Waals surface area contributed by atoms with E-state index in [0.717, 1.165) is 56.0 Å². The summed E-state index contributed by atoms with van der Waals surface area (Å²) in [5, 5.41) is 18.7. The maximum Gasteiger partial charge on any atom is 0.227 e. The van der Waals surface area contributed by atoms with Crippen LogP contribution in [-0.4, -0.2) is 78.8 Å². The van der Waals surface area contributed by atoms with Crippen LogP contribution in [0.5, 0.6) is 0 Å². The van der Waals surface area contributed by atoms with Crippen molar-refractivity contribution in [2.45, 2.75) is 32.2 Å². The van der Waals surface area contributed by atoms with Gasteiger partial charge >= 0.3 is 0 Å². The Morgan fingerprint density at radius 1 is 0.971 bits per heavy atom. The van der Waals surface area contributed by atoms with Crippen molar-refractivity contribution >= 4 is 17.2 Å². The molecular formula is C24H28N8O2S. The number of hydrogen-bond donors (Lipinski definition) is 0. The number of tetrazole rings is 1. The average molecular weight is 493 g/mol. The second kappa shape index (κ2) is 11.3. The maximum absolute atomic E-state index is 12.6. The lowest BCUT2D eigenvalue weighted by Crippen LogP contribution is -2.48. The molecular weight excluding hydrogens is 464 g/mol. The van der Waals surface area contributed by atoms with Crippen LogP contribution in [-0.2, 0) is 17.8 Å². The topological polar surface area (TPSA) is 106 Å². The highest BCUT2D eigenvalue weighted by atomic mass is 32.1. The molecule has 0 spiro atoms. The summed E-state index contributed by atoms with van der Waals surface area (Å²) in [6.07, 6.45) is 2.91. The highest BCUT2D eigenvalue weighted by Gasteiger charge is 2.21. The quantitative estimate of drug-likeness (QED) is 0.333. The number of rotatable bonds is 10. The predicted octanol–water partition coefficient (Wildman–Crippen LogP) is 3.01. The fourth-order valence-corrected chi connectivity index (χ4v) is 4.76. The van der Waals surface area contributed by atoms with Gasteiger partial charge in [0.1, 0.15) is 0 Å². The van der Waals surface area contributed by atoms with Crippen molar-refractivity contribution in [3.63, 3.8) is 0 Å². The van der Waals surface area contributed by atoms with Gasteiger partial charge in [-0.1, -0.05) is 41.6 Å². The standard InChI is InChI=1S/C24H28N8O2S/c33-22(11-5-13-32-27-23(26-29-32)19-7-2-1-3-8-19)31-16-14-30(15-17-31)12-4-10-21-25-24(28-34-21)20-9-6-18-35-20/h1-3,6-9,18H,4-5,10-17H2. The Morgan fingerprint density at radius 3 is 2.63 bits per heavy atom. The van der Waals surface area contributed by atoms with Crippen LogP contribution < -0.4 is 0 Å². The van der Waals surface area contributed by atoms with Gasteiger partial charge in [-0.15, -0.1) is 21.5 Å². The van der Waals surface area contributed by atoms with Crippen LogP contribution in [0.1, 0.15) is 25.2 Å². The lowest BCUT2D eigenvalue weighted by molar-refractivity contribution is -0.133. The summed E-state index contributed by atoms with van der Waals surface area (Å²) in [4.78, 5) is 24.1. The number of benzene rings is 1. The van der Waals surface area contributed by atoms with Crippen molar-refractivity contribution in [1.29, 1.82) is 0 Å². The third kappa shape index (κ3) is 6.17. The summed E-state index contributed by atoms with van der Waals surface area (Å²) in [5.41, 5.74) is 0.938. The molecule has 1 amide bonds. The number of amides is 1. The van der Waals surface area contributed by atoms with Gasteiger partial charge in [0, 0.05) is 44.6 Å². The summed E-state index contributed by atoms with van der Waals surface area (Å²) in [5.74, 6) is 2.15. The summed E-state index contributed by atoms with van der Waals surface area (Å²) in [6, 6.07) is 13.7. The van der Waals surface area contributed by atoms with Crippen LogP contribution in [0, 0.1) is 0 Å². The first kappa shape index (κ1) is 23.3. The molecule has 35 heavy (non-hydrogen) atoms. The molecule has 1 fully saturated rings. The van der Waals surface area contributed by atoms with E-state index in [1.807, 2.05) is 52.7 Å². The Morgan fingerprint density at radius 2 is 1.83 bits per heavy atom. The minimum atomic E-state index is 0.194. The van der Waals surface area contributed by atoms with E-state index in [2.05, 4.69) is 30.5 Å². The van der Waals surface area contributed by atoms with Crippen LogP contribution in [0.15, 0.2) is 52.4 Å². The van der Waals surface area contributed by atoms with E-state index in [1.54, 1.807) is 16.1 Å². The van der Waals surface area contributed by atoms with Gasteiger partial charge in [-0.3, -0.25) is 9.69 Å². The molecule has 3 aromatic heterocycles. The summed E-state index contributed by atoms with van der Waals surface area (Å²) >= 11 is 1.61. The lowest BCUT2D eigenvalue weighted by atomic mass is 10.2. The van der Waals surface area contributed by atoms with Crippen LogP contribution in [0.3, 0.4) is 0 Å². The minimum Gasteiger partial charge on any atom is -0.340 e. The van der Waals surface area contributed by atoms with Gasteiger partial charge in [-0.25, -0.2) is 0 Å². The molecule has 0 atom stereocenters. The van der Waals surface area contributed by atoms with E-state index in [9.17, 15) is 4.79 Å². The predicted molar refractivity (Wildman–Crippen MR) is 131 cm³/mol. The van der Waals surface area contributed by atoms with E-state index in [0.29, 0.717) is 36.9 Å². The molecule has 5 rings (SSSR count). The van der Waals surface area contributed by atoms with E-state index in [1.165, 1.54) is 0 Å². The van der Waals surface area contributed by atoms with Crippen molar-refractivity contribution in [3.05, 3.63) is 53.7 Å². The molecule has 0 aliphatic carbocycles. The fraction of sp³-hybridized carbons (Fsp3) is 0.417. The minimum absolute atomic E-state index is 0.194. The van der Waals surface area contributed by atoms with Gasteiger partial charge < -0.3 is 9.42 Å². The molecule has 10 nitrogen and oxygen atoms in total. The molecule has 1 saturated heterocycles. The largest absolute Gasteiger partial charge is 0.340 e. The Labute approximate surface area is 207 Å². The molecule has 1 aliphatic rings. The van der Waals surface area contributed by atoms with Gasteiger partial charge in [0.15, 0.2) is 0 Å². The van der Waals surface area contributed by atoms with E-state index >= 15 is 0 Å². The van der Waals surface area contributed by atoms with Crippen LogP contribution in [0.4, 0.5) is 0 Å². The molecule has 0 radical (unpaired) electrons. The van der Waals surface area contributed by atoms with Crippen LogP contribution in [0.25, 0.3) is 22.1 Å². The number of carbonyl (C=O) groups excluding carboxylic acids is 1. The van der Waals surface area contributed by atoms with Crippen molar-refractivity contribution in [2.75, 3.05) is 32.7 Å². The van der Waals surface area contributed by atoms with E-state index in [-0.39, 0.29) is 5.91 Å². The highest BCUT2D eigenvalue weighted by Crippen LogP contribution is 2.21.